The van der Waals surface area contributed by atoms with Crippen molar-refractivity contribution >= 4 is 45.0 Å². The number of anilines is 2. The first-order valence-corrected chi connectivity index (χ1v) is 8.46. The molecule has 4 aromatic rings. The summed E-state index contributed by atoms with van der Waals surface area (Å²) in [7, 11) is 0. The molecule has 0 aliphatic rings. The summed E-state index contributed by atoms with van der Waals surface area (Å²) in [5.41, 5.74) is 3.82. The Bertz CT molecular complexity index is 962. The molecule has 0 aliphatic heterocycles. The van der Waals surface area contributed by atoms with Gasteiger partial charge in [-0.3, -0.25) is 5.10 Å². The number of hydrogen-bond acceptors (Lipinski definition) is 8. The van der Waals surface area contributed by atoms with E-state index in [2.05, 4.69) is 41.7 Å². The molecule has 0 spiro atoms. The first-order valence-electron chi connectivity index (χ1n) is 6.76. The van der Waals surface area contributed by atoms with Crippen molar-refractivity contribution < 1.29 is 0 Å². The summed E-state index contributed by atoms with van der Waals surface area (Å²) < 4.78 is 1.14. The second-order valence-electron chi connectivity index (χ2n) is 4.77. The van der Waals surface area contributed by atoms with Gasteiger partial charge in [0.2, 0.25) is 5.16 Å². The van der Waals surface area contributed by atoms with E-state index in [0.29, 0.717) is 16.8 Å². The van der Waals surface area contributed by atoms with E-state index < -0.39 is 0 Å². The average molecular weight is 341 g/mol. The van der Waals surface area contributed by atoms with Crippen molar-refractivity contribution in [3.63, 3.8) is 0 Å². The number of thiazole rings is 1. The molecule has 0 amide bonds. The smallest absolute Gasteiger partial charge is 0.215 e. The molecule has 114 valence electrons. The summed E-state index contributed by atoms with van der Waals surface area (Å²) in [6, 6.07) is 7.98. The molecule has 1 aromatic carbocycles. The van der Waals surface area contributed by atoms with Crippen LogP contribution in [0.1, 0.15) is 5.69 Å². The van der Waals surface area contributed by atoms with Gasteiger partial charge in [0.15, 0.2) is 11.6 Å². The van der Waals surface area contributed by atoms with Crippen LogP contribution in [0.2, 0.25) is 0 Å². The first-order chi connectivity index (χ1) is 11.3. The van der Waals surface area contributed by atoms with Gasteiger partial charge < -0.3 is 5.32 Å². The minimum Gasteiger partial charge on any atom is -0.322 e. The maximum absolute atomic E-state index is 4.45. The molecule has 3 heterocycles. The van der Waals surface area contributed by atoms with Gasteiger partial charge in [0.05, 0.1) is 21.9 Å². The molecule has 0 saturated heterocycles. The van der Waals surface area contributed by atoms with E-state index in [1.807, 2.05) is 30.6 Å². The Hall–Kier alpha value is -2.52. The summed E-state index contributed by atoms with van der Waals surface area (Å²) in [6.45, 7) is 1.94. The molecule has 0 atom stereocenters. The number of nitrogens with zero attached hydrogens (tertiary/aromatic N) is 5. The highest BCUT2D eigenvalue weighted by Gasteiger charge is 2.06. The molecule has 7 nitrogen and oxygen atoms in total. The van der Waals surface area contributed by atoms with Crippen molar-refractivity contribution in [1.82, 2.24) is 30.4 Å². The lowest BCUT2D eigenvalue weighted by Crippen LogP contribution is -1.98. The average Bonchev–Trinajstić information content (AvgIpc) is 3.16. The Balaban J connectivity index is 1.55. The summed E-state index contributed by atoms with van der Waals surface area (Å²) in [6.07, 6.45) is 1.57. The summed E-state index contributed by atoms with van der Waals surface area (Å²) in [5.74, 6) is 1.30. The molecule has 9 heteroatoms. The molecule has 0 unspecified atom stereocenters. The number of H-pyrrole nitrogens is 1. The molecule has 0 saturated carbocycles. The van der Waals surface area contributed by atoms with E-state index in [4.69, 9.17) is 0 Å². The second kappa shape index (κ2) is 5.94. The monoisotopic (exact) mass is 341 g/mol. The van der Waals surface area contributed by atoms with E-state index in [0.717, 1.165) is 20.8 Å². The Morgan fingerprint density at radius 1 is 1.22 bits per heavy atom. The van der Waals surface area contributed by atoms with Gasteiger partial charge in [0.1, 0.15) is 0 Å². The normalized spacial score (nSPS) is 11.0. The van der Waals surface area contributed by atoms with Crippen molar-refractivity contribution in [3.05, 3.63) is 41.7 Å². The quantitative estimate of drug-likeness (QED) is 0.587. The number of aromatic nitrogens is 6. The van der Waals surface area contributed by atoms with Crippen LogP contribution in [-0.4, -0.2) is 30.4 Å². The molecule has 4 rings (SSSR count). The Morgan fingerprint density at radius 3 is 3.04 bits per heavy atom. The van der Waals surface area contributed by atoms with Gasteiger partial charge in [0, 0.05) is 16.7 Å². The van der Waals surface area contributed by atoms with Crippen LogP contribution in [0.4, 0.5) is 11.6 Å². The first kappa shape index (κ1) is 14.1. The van der Waals surface area contributed by atoms with Crippen LogP contribution in [0.15, 0.2) is 46.0 Å². The van der Waals surface area contributed by atoms with E-state index in [-0.39, 0.29) is 0 Å². The predicted molar refractivity (Wildman–Crippen MR) is 90.2 cm³/mol. The maximum atomic E-state index is 4.45. The zero-order valence-electron chi connectivity index (χ0n) is 12.0. The van der Waals surface area contributed by atoms with Crippen LogP contribution in [0, 0.1) is 6.92 Å². The fourth-order valence-electron chi connectivity index (χ4n) is 2.01. The molecular formula is C14H11N7S2. The molecule has 2 N–H and O–H groups in total. The van der Waals surface area contributed by atoms with Crippen LogP contribution in [0.5, 0.6) is 0 Å². The Kier molecular flexibility index (Phi) is 3.64. The van der Waals surface area contributed by atoms with Gasteiger partial charge in [-0.05, 0) is 36.9 Å². The Morgan fingerprint density at radius 2 is 2.17 bits per heavy atom. The van der Waals surface area contributed by atoms with Crippen molar-refractivity contribution in [1.29, 1.82) is 0 Å². The number of aryl methyl sites for hydroxylation is 1. The second-order valence-corrected chi connectivity index (χ2v) is 6.70. The topological polar surface area (TPSA) is 92.3 Å². The number of nitrogens with one attached hydrogen (secondary N) is 2. The number of aromatic amines is 1. The number of rotatable bonds is 4. The third-order valence-electron chi connectivity index (χ3n) is 3.01. The highest BCUT2D eigenvalue weighted by molar-refractivity contribution is 7.99. The van der Waals surface area contributed by atoms with Crippen LogP contribution < -0.4 is 5.32 Å². The highest BCUT2D eigenvalue weighted by Crippen LogP contribution is 2.29. The molecule has 0 bridgehead atoms. The third kappa shape index (κ3) is 3.15. The number of hydrogen-bond donors (Lipinski definition) is 2. The lowest BCUT2D eigenvalue weighted by Gasteiger charge is -2.03. The minimum absolute atomic E-state index is 0.575. The standard InChI is InChI=1S/C14H11N7S2/c1-8-4-12(20-19-8)17-13-6-16-21-14(18-13)23-9-2-3-10-11(5-9)22-7-15-10/h2-7H,1H3,(H2,17,18,19,20,21). The van der Waals surface area contributed by atoms with Crippen LogP contribution >= 0.6 is 23.1 Å². The third-order valence-corrected chi connectivity index (χ3v) is 4.65. The summed E-state index contributed by atoms with van der Waals surface area (Å²) in [4.78, 5) is 9.78. The van der Waals surface area contributed by atoms with E-state index in [9.17, 15) is 0 Å². The van der Waals surface area contributed by atoms with Crippen molar-refractivity contribution in [2.24, 2.45) is 0 Å². The zero-order chi connectivity index (χ0) is 15.6. The largest absolute Gasteiger partial charge is 0.322 e. The van der Waals surface area contributed by atoms with Gasteiger partial charge in [-0.1, -0.05) is 0 Å². The molecule has 3 aromatic heterocycles. The molecule has 0 aliphatic carbocycles. The number of fused-ring (bicyclic) bond motifs is 1. The SMILES string of the molecule is Cc1cc(Nc2cnnc(Sc3ccc4ncsc4c3)n2)n[nH]1. The van der Waals surface area contributed by atoms with E-state index in [1.165, 1.54) is 11.8 Å². The lowest BCUT2D eigenvalue weighted by molar-refractivity contribution is 0.843. The summed E-state index contributed by atoms with van der Waals surface area (Å²) in [5, 5.41) is 18.7. The van der Waals surface area contributed by atoms with Crippen molar-refractivity contribution in [3.8, 4) is 0 Å². The van der Waals surface area contributed by atoms with Gasteiger partial charge in [-0.15, -0.1) is 16.4 Å². The zero-order valence-corrected chi connectivity index (χ0v) is 13.6. The predicted octanol–water partition coefficient (Wildman–Crippen LogP) is 3.41. The molecule has 23 heavy (non-hydrogen) atoms. The lowest BCUT2D eigenvalue weighted by atomic mass is 10.3. The molecular weight excluding hydrogens is 330 g/mol. The number of benzene rings is 1. The fourth-order valence-corrected chi connectivity index (χ4v) is 3.55. The maximum Gasteiger partial charge on any atom is 0.215 e. The van der Waals surface area contributed by atoms with Gasteiger partial charge in [-0.25, -0.2) is 9.97 Å². The summed E-state index contributed by atoms with van der Waals surface area (Å²) >= 11 is 3.08. The molecule has 0 radical (unpaired) electrons. The van der Waals surface area contributed by atoms with Gasteiger partial charge in [-0.2, -0.15) is 10.2 Å². The van der Waals surface area contributed by atoms with Crippen molar-refractivity contribution in [2.75, 3.05) is 5.32 Å². The van der Waals surface area contributed by atoms with E-state index in [1.54, 1.807) is 17.5 Å². The highest BCUT2D eigenvalue weighted by atomic mass is 32.2. The Labute approximate surface area is 139 Å². The molecule has 0 fully saturated rings. The fraction of sp³-hybridized carbons (Fsp3) is 0.0714. The van der Waals surface area contributed by atoms with Crippen LogP contribution in [0.3, 0.4) is 0 Å². The van der Waals surface area contributed by atoms with Crippen molar-refractivity contribution in [2.45, 2.75) is 17.0 Å². The van der Waals surface area contributed by atoms with Crippen LogP contribution in [-0.2, 0) is 0 Å². The van der Waals surface area contributed by atoms with E-state index >= 15 is 0 Å². The van der Waals surface area contributed by atoms with Gasteiger partial charge in [0.25, 0.3) is 0 Å². The van der Waals surface area contributed by atoms with Crippen LogP contribution in [0.25, 0.3) is 10.2 Å². The minimum atomic E-state index is 0.575. The van der Waals surface area contributed by atoms with Gasteiger partial charge >= 0.3 is 0 Å².